The number of ether oxygens (including phenoxy) is 1. The Morgan fingerprint density at radius 1 is 1.00 bits per heavy atom. The van der Waals surface area contributed by atoms with Gasteiger partial charge < -0.3 is 14.5 Å². The average molecular weight is 373 g/mol. The highest BCUT2D eigenvalue weighted by molar-refractivity contribution is 5.94. The second-order valence-corrected chi connectivity index (χ2v) is 8.27. The van der Waals surface area contributed by atoms with Gasteiger partial charge in [0.2, 0.25) is 5.88 Å². The summed E-state index contributed by atoms with van der Waals surface area (Å²) in [6.45, 7) is 5.92. The minimum atomic E-state index is 0.101. The number of pyridine rings is 1. The number of carbonyl (C=O) groups excluding carboxylic acids is 1. The van der Waals surface area contributed by atoms with Gasteiger partial charge in [0.15, 0.2) is 0 Å². The van der Waals surface area contributed by atoms with E-state index in [2.05, 4.69) is 21.8 Å². The van der Waals surface area contributed by atoms with Crippen LogP contribution in [0, 0.1) is 0 Å². The van der Waals surface area contributed by atoms with Crippen LogP contribution in [0.25, 0.3) is 0 Å². The predicted molar refractivity (Wildman–Crippen MR) is 105 cm³/mol. The van der Waals surface area contributed by atoms with Gasteiger partial charge in [0.05, 0.1) is 5.56 Å². The molecular formula is C21H32N4O2. The van der Waals surface area contributed by atoms with Gasteiger partial charge in [-0.1, -0.05) is 6.42 Å². The van der Waals surface area contributed by atoms with Crippen LogP contribution in [0.5, 0.6) is 5.88 Å². The van der Waals surface area contributed by atoms with Crippen LogP contribution < -0.4 is 4.74 Å². The first kappa shape index (κ1) is 18.7. The van der Waals surface area contributed by atoms with Crippen LogP contribution in [0.15, 0.2) is 18.3 Å². The van der Waals surface area contributed by atoms with E-state index in [1.54, 1.807) is 6.20 Å². The summed E-state index contributed by atoms with van der Waals surface area (Å²) in [5.74, 6) is 0.733. The van der Waals surface area contributed by atoms with Crippen LogP contribution in [0.3, 0.4) is 0 Å². The van der Waals surface area contributed by atoms with Crippen molar-refractivity contribution in [2.45, 2.75) is 50.7 Å². The zero-order valence-electron chi connectivity index (χ0n) is 16.5. The van der Waals surface area contributed by atoms with Gasteiger partial charge in [-0.25, -0.2) is 4.98 Å². The molecule has 1 saturated carbocycles. The maximum Gasteiger partial charge on any atom is 0.255 e. The monoisotopic (exact) mass is 372 g/mol. The van der Waals surface area contributed by atoms with E-state index in [1.807, 2.05) is 17.0 Å². The van der Waals surface area contributed by atoms with Crippen LogP contribution in [0.1, 0.15) is 48.9 Å². The zero-order chi connectivity index (χ0) is 18.6. The Kier molecular flexibility index (Phi) is 5.93. The van der Waals surface area contributed by atoms with Crippen LogP contribution in [0.4, 0.5) is 0 Å². The summed E-state index contributed by atoms with van der Waals surface area (Å²) in [6, 6.07) is 4.48. The minimum absolute atomic E-state index is 0.101. The third-order valence-electron chi connectivity index (χ3n) is 6.35. The van der Waals surface area contributed by atoms with E-state index in [0.717, 1.165) is 64.6 Å². The third kappa shape index (κ3) is 4.61. The lowest BCUT2D eigenvalue weighted by Gasteiger charge is -2.36. The lowest BCUT2D eigenvalue weighted by Crippen LogP contribution is -2.42. The number of nitrogens with zero attached hydrogens (tertiary/aromatic N) is 4. The lowest BCUT2D eigenvalue weighted by molar-refractivity contribution is 0.0748. The summed E-state index contributed by atoms with van der Waals surface area (Å²) in [4.78, 5) is 24.2. The number of rotatable bonds is 4. The number of piperidine rings is 1. The van der Waals surface area contributed by atoms with Crippen molar-refractivity contribution in [3.63, 3.8) is 0 Å². The lowest BCUT2D eigenvalue weighted by atomic mass is 9.91. The van der Waals surface area contributed by atoms with Gasteiger partial charge in [0.25, 0.3) is 5.91 Å². The van der Waals surface area contributed by atoms with Gasteiger partial charge in [-0.2, -0.15) is 0 Å². The van der Waals surface area contributed by atoms with Crippen molar-refractivity contribution in [3.8, 4) is 5.88 Å². The molecule has 3 heterocycles. The summed E-state index contributed by atoms with van der Waals surface area (Å²) in [7, 11) is 2.14. The molecule has 6 heteroatoms. The van der Waals surface area contributed by atoms with Gasteiger partial charge in [-0.3, -0.25) is 9.69 Å². The summed E-state index contributed by atoms with van der Waals surface area (Å²) in [6.07, 6.45) is 9.07. The molecule has 148 valence electrons. The summed E-state index contributed by atoms with van der Waals surface area (Å²) in [5.41, 5.74) is 0.669. The maximum absolute atomic E-state index is 12.9. The molecule has 0 radical (unpaired) electrons. The Labute approximate surface area is 162 Å². The number of aromatic nitrogens is 1. The molecule has 1 amide bonds. The van der Waals surface area contributed by atoms with Crippen molar-refractivity contribution in [3.05, 3.63) is 23.9 Å². The molecule has 1 aromatic heterocycles. The number of carbonyl (C=O) groups is 1. The van der Waals surface area contributed by atoms with E-state index in [1.165, 1.54) is 19.3 Å². The summed E-state index contributed by atoms with van der Waals surface area (Å²) in [5, 5.41) is 0. The first-order valence-corrected chi connectivity index (χ1v) is 10.5. The molecule has 0 spiro atoms. The summed E-state index contributed by atoms with van der Waals surface area (Å²) < 4.78 is 5.99. The average Bonchev–Trinajstić information content (AvgIpc) is 2.88. The highest BCUT2D eigenvalue weighted by Crippen LogP contribution is 2.26. The molecule has 0 aromatic carbocycles. The normalized spacial score (nSPS) is 23.7. The molecule has 1 aliphatic carbocycles. The molecule has 0 bridgehead atoms. The van der Waals surface area contributed by atoms with Gasteiger partial charge in [0.1, 0.15) is 6.10 Å². The van der Waals surface area contributed by atoms with Crippen LogP contribution >= 0.6 is 0 Å². The van der Waals surface area contributed by atoms with Crippen molar-refractivity contribution in [1.82, 2.24) is 19.7 Å². The smallest absolute Gasteiger partial charge is 0.255 e. The fourth-order valence-corrected chi connectivity index (χ4v) is 4.29. The van der Waals surface area contributed by atoms with Crippen LogP contribution in [0.2, 0.25) is 0 Å². The van der Waals surface area contributed by atoms with Crippen molar-refractivity contribution < 1.29 is 9.53 Å². The van der Waals surface area contributed by atoms with E-state index < -0.39 is 0 Å². The summed E-state index contributed by atoms with van der Waals surface area (Å²) >= 11 is 0. The predicted octanol–water partition coefficient (Wildman–Crippen LogP) is 2.25. The molecule has 1 aromatic rings. The van der Waals surface area contributed by atoms with Gasteiger partial charge in [-0.05, 0) is 45.2 Å². The molecule has 3 fully saturated rings. The van der Waals surface area contributed by atoms with Gasteiger partial charge in [0, 0.05) is 57.6 Å². The minimum Gasteiger partial charge on any atom is -0.474 e. The number of likely N-dealkylation sites (tertiary alicyclic amines) is 1. The Morgan fingerprint density at radius 3 is 2.48 bits per heavy atom. The molecule has 0 unspecified atom stereocenters. The van der Waals surface area contributed by atoms with Crippen LogP contribution in [-0.2, 0) is 0 Å². The SMILES string of the molecule is CN1CCC(Oc2ccc(C(=O)N3CCCN(C4CCC4)CC3)cn2)CC1. The standard InChI is InChI=1S/C21H32N4O2/c1-23-12-8-19(9-13-23)27-20-7-6-17(16-22-20)21(26)25-11-3-10-24(14-15-25)18-4-2-5-18/h6-7,16,18-19H,2-5,8-15H2,1H3. The molecule has 2 saturated heterocycles. The van der Waals surface area contributed by atoms with E-state index in [0.29, 0.717) is 11.4 Å². The van der Waals surface area contributed by atoms with Crippen LogP contribution in [-0.4, -0.2) is 84.1 Å². The maximum atomic E-state index is 12.9. The third-order valence-corrected chi connectivity index (χ3v) is 6.35. The first-order chi connectivity index (χ1) is 13.2. The number of hydrogen-bond acceptors (Lipinski definition) is 5. The molecule has 0 atom stereocenters. The first-order valence-electron chi connectivity index (χ1n) is 10.5. The number of amides is 1. The largest absolute Gasteiger partial charge is 0.474 e. The fraction of sp³-hybridized carbons (Fsp3) is 0.714. The Bertz CT molecular complexity index is 624. The Morgan fingerprint density at radius 2 is 1.81 bits per heavy atom. The van der Waals surface area contributed by atoms with Crippen molar-refractivity contribution in [2.75, 3.05) is 46.3 Å². The second-order valence-electron chi connectivity index (χ2n) is 8.27. The zero-order valence-corrected chi connectivity index (χ0v) is 16.5. The Balaban J connectivity index is 1.30. The molecule has 4 rings (SSSR count). The van der Waals surface area contributed by atoms with Crippen molar-refractivity contribution in [1.29, 1.82) is 0 Å². The molecule has 2 aliphatic heterocycles. The topological polar surface area (TPSA) is 48.9 Å². The fourth-order valence-electron chi connectivity index (χ4n) is 4.29. The molecule has 6 nitrogen and oxygen atoms in total. The van der Waals surface area contributed by atoms with Gasteiger partial charge >= 0.3 is 0 Å². The highest BCUT2D eigenvalue weighted by atomic mass is 16.5. The van der Waals surface area contributed by atoms with E-state index >= 15 is 0 Å². The van der Waals surface area contributed by atoms with Crippen molar-refractivity contribution >= 4 is 5.91 Å². The van der Waals surface area contributed by atoms with E-state index in [9.17, 15) is 4.79 Å². The second kappa shape index (κ2) is 8.57. The van der Waals surface area contributed by atoms with E-state index in [4.69, 9.17) is 4.74 Å². The van der Waals surface area contributed by atoms with E-state index in [-0.39, 0.29) is 12.0 Å². The quantitative estimate of drug-likeness (QED) is 0.811. The van der Waals surface area contributed by atoms with Gasteiger partial charge in [-0.15, -0.1) is 0 Å². The highest BCUT2D eigenvalue weighted by Gasteiger charge is 2.28. The molecule has 3 aliphatic rings. The molecule has 27 heavy (non-hydrogen) atoms. The molecular weight excluding hydrogens is 340 g/mol. The van der Waals surface area contributed by atoms with Crippen molar-refractivity contribution in [2.24, 2.45) is 0 Å². The molecule has 0 N–H and O–H groups in total. The number of hydrogen-bond donors (Lipinski definition) is 0. The Hall–Kier alpha value is -1.66.